The third kappa shape index (κ3) is 1.90. The lowest BCUT2D eigenvalue weighted by Gasteiger charge is -2.21. The fraction of sp³-hybridized carbons (Fsp3) is 0.364. The zero-order valence-corrected chi connectivity index (χ0v) is 10.0. The van der Waals surface area contributed by atoms with Crippen LogP contribution in [0.3, 0.4) is 0 Å². The van der Waals surface area contributed by atoms with Crippen molar-refractivity contribution >= 4 is 29.0 Å². The molecule has 0 aliphatic carbocycles. The molecule has 1 unspecified atom stereocenters. The van der Waals surface area contributed by atoms with Crippen molar-refractivity contribution in [3.05, 3.63) is 21.9 Å². The Morgan fingerprint density at radius 2 is 2.53 bits per heavy atom. The van der Waals surface area contributed by atoms with E-state index in [2.05, 4.69) is 24.3 Å². The number of hydrogen-bond donors (Lipinski definition) is 0. The minimum Gasteiger partial charge on any atom is -0.314 e. The Balaban J connectivity index is 2.27. The van der Waals surface area contributed by atoms with Gasteiger partial charge in [0.15, 0.2) is 0 Å². The fourth-order valence-electron chi connectivity index (χ4n) is 1.58. The number of carbonyl (C=O) groups is 1. The Kier molecular flexibility index (Phi) is 3.03. The standard InChI is InChI=1S/C11H11NOS2/c1-3-5-12-9(13)7-15-11(12)10-8(2)4-6-14-10/h1,4,6,11H,5,7H2,2H3. The van der Waals surface area contributed by atoms with Crippen molar-refractivity contribution in [2.24, 2.45) is 0 Å². The molecule has 1 amide bonds. The molecule has 78 valence electrons. The summed E-state index contributed by atoms with van der Waals surface area (Å²) in [7, 11) is 0. The summed E-state index contributed by atoms with van der Waals surface area (Å²) in [4.78, 5) is 14.6. The quantitative estimate of drug-likeness (QED) is 0.735. The molecule has 1 aromatic heterocycles. The molecule has 15 heavy (non-hydrogen) atoms. The molecule has 0 radical (unpaired) electrons. The Morgan fingerprint density at radius 3 is 3.13 bits per heavy atom. The van der Waals surface area contributed by atoms with Crippen molar-refractivity contribution in [3.63, 3.8) is 0 Å². The molecule has 0 bridgehead atoms. The third-order valence-corrected chi connectivity index (χ3v) is 4.80. The van der Waals surface area contributed by atoms with Crippen LogP contribution in [-0.4, -0.2) is 23.1 Å². The number of aryl methyl sites for hydroxylation is 1. The first-order chi connectivity index (χ1) is 7.24. The molecule has 0 aromatic carbocycles. The minimum atomic E-state index is 0.133. The number of nitrogens with zero attached hydrogens (tertiary/aromatic N) is 1. The predicted molar refractivity (Wildman–Crippen MR) is 64.8 cm³/mol. The highest BCUT2D eigenvalue weighted by Gasteiger charge is 2.33. The summed E-state index contributed by atoms with van der Waals surface area (Å²) < 4.78 is 0. The smallest absolute Gasteiger partial charge is 0.234 e. The predicted octanol–water partition coefficient (Wildman–Crippen LogP) is 2.26. The summed E-state index contributed by atoms with van der Waals surface area (Å²) in [5.41, 5.74) is 1.24. The van der Waals surface area contributed by atoms with Gasteiger partial charge < -0.3 is 4.90 Å². The lowest BCUT2D eigenvalue weighted by atomic mass is 10.2. The topological polar surface area (TPSA) is 20.3 Å². The number of hydrogen-bond acceptors (Lipinski definition) is 3. The minimum absolute atomic E-state index is 0.133. The number of rotatable bonds is 2. The molecule has 1 fully saturated rings. The molecule has 0 N–H and O–H groups in total. The first kappa shape index (κ1) is 10.6. The number of terminal acetylenes is 1. The van der Waals surface area contributed by atoms with E-state index in [-0.39, 0.29) is 11.3 Å². The van der Waals surface area contributed by atoms with Gasteiger partial charge in [0, 0.05) is 4.88 Å². The molecule has 1 aromatic rings. The SMILES string of the molecule is C#CCN1C(=O)CSC1c1sccc1C. The van der Waals surface area contributed by atoms with Gasteiger partial charge in [0.25, 0.3) is 0 Å². The van der Waals surface area contributed by atoms with Crippen LogP contribution in [0.15, 0.2) is 11.4 Å². The lowest BCUT2D eigenvalue weighted by molar-refractivity contribution is -0.127. The van der Waals surface area contributed by atoms with Gasteiger partial charge in [0.2, 0.25) is 5.91 Å². The van der Waals surface area contributed by atoms with Crippen molar-refractivity contribution in [1.29, 1.82) is 0 Å². The van der Waals surface area contributed by atoms with Crippen LogP contribution in [0.2, 0.25) is 0 Å². The molecule has 2 rings (SSSR count). The van der Waals surface area contributed by atoms with E-state index < -0.39 is 0 Å². The zero-order valence-electron chi connectivity index (χ0n) is 8.40. The first-order valence-corrected chi connectivity index (χ1v) is 6.55. The van der Waals surface area contributed by atoms with Gasteiger partial charge in [0.05, 0.1) is 12.3 Å². The second kappa shape index (κ2) is 4.30. The molecule has 1 aliphatic rings. The van der Waals surface area contributed by atoms with Crippen molar-refractivity contribution in [2.45, 2.75) is 12.3 Å². The molecule has 2 nitrogen and oxygen atoms in total. The maximum atomic E-state index is 11.6. The summed E-state index contributed by atoms with van der Waals surface area (Å²) in [5, 5.41) is 2.19. The highest BCUT2D eigenvalue weighted by molar-refractivity contribution is 8.00. The van der Waals surface area contributed by atoms with Crippen LogP contribution < -0.4 is 0 Å². The normalized spacial score (nSPS) is 20.7. The molecule has 0 saturated carbocycles. The molecule has 2 heterocycles. The van der Waals surface area contributed by atoms with E-state index in [1.165, 1.54) is 10.4 Å². The molecule has 1 atom stereocenters. The summed E-state index contributed by atoms with van der Waals surface area (Å²) >= 11 is 3.36. The summed E-state index contributed by atoms with van der Waals surface area (Å²) in [5.74, 6) is 3.24. The van der Waals surface area contributed by atoms with E-state index in [1.54, 1.807) is 28.0 Å². The van der Waals surface area contributed by atoms with Crippen LogP contribution in [0, 0.1) is 19.3 Å². The number of thioether (sulfide) groups is 1. The second-order valence-corrected chi connectivity index (χ2v) is 5.37. The van der Waals surface area contributed by atoms with Crippen molar-refractivity contribution in [3.8, 4) is 12.3 Å². The third-order valence-electron chi connectivity index (χ3n) is 2.36. The van der Waals surface area contributed by atoms with Crippen LogP contribution in [0.5, 0.6) is 0 Å². The number of carbonyl (C=O) groups excluding carboxylic acids is 1. The highest BCUT2D eigenvalue weighted by Crippen LogP contribution is 2.41. The van der Waals surface area contributed by atoms with E-state index in [0.717, 1.165) is 0 Å². The van der Waals surface area contributed by atoms with Crippen LogP contribution >= 0.6 is 23.1 Å². The molecule has 4 heteroatoms. The Labute approximate surface area is 97.7 Å². The van der Waals surface area contributed by atoms with Gasteiger partial charge in [-0.25, -0.2) is 0 Å². The highest BCUT2D eigenvalue weighted by atomic mass is 32.2. The molecule has 1 aliphatic heterocycles. The van der Waals surface area contributed by atoms with Crippen molar-refractivity contribution < 1.29 is 4.79 Å². The van der Waals surface area contributed by atoms with Crippen LogP contribution in [0.4, 0.5) is 0 Å². The van der Waals surface area contributed by atoms with Gasteiger partial charge in [0.1, 0.15) is 5.37 Å². The Bertz CT molecular complexity index is 418. The summed E-state index contributed by atoms with van der Waals surface area (Å²) in [6, 6.07) is 2.08. The maximum Gasteiger partial charge on any atom is 0.234 e. The van der Waals surface area contributed by atoms with Gasteiger partial charge in [-0.2, -0.15) is 0 Å². The zero-order chi connectivity index (χ0) is 10.8. The Morgan fingerprint density at radius 1 is 1.73 bits per heavy atom. The molecule has 0 spiro atoms. The molecular weight excluding hydrogens is 226 g/mol. The van der Waals surface area contributed by atoms with E-state index in [0.29, 0.717) is 12.3 Å². The first-order valence-electron chi connectivity index (χ1n) is 4.62. The summed E-state index contributed by atoms with van der Waals surface area (Å²) in [6.45, 7) is 2.48. The average Bonchev–Trinajstić information content (AvgIpc) is 2.76. The van der Waals surface area contributed by atoms with Gasteiger partial charge in [-0.3, -0.25) is 4.79 Å². The lowest BCUT2D eigenvalue weighted by Crippen LogP contribution is -2.28. The number of thiophene rings is 1. The summed E-state index contributed by atoms with van der Waals surface area (Å²) in [6.07, 6.45) is 5.27. The van der Waals surface area contributed by atoms with E-state index in [9.17, 15) is 4.79 Å². The van der Waals surface area contributed by atoms with Crippen molar-refractivity contribution in [1.82, 2.24) is 4.90 Å². The maximum absolute atomic E-state index is 11.6. The van der Waals surface area contributed by atoms with E-state index in [1.807, 2.05) is 0 Å². The van der Waals surface area contributed by atoms with Gasteiger partial charge in [-0.1, -0.05) is 5.92 Å². The van der Waals surface area contributed by atoms with Gasteiger partial charge in [-0.05, 0) is 23.9 Å². The van der Waals surface area contributed by atoms with Gasteiger partial charge in [-0.15, -0.1) is 29.5 Å². The number of amides is 1. The fourth-order valence-corrected chi connectivity index (χ4v) is 4.04. The van der Waals surface area contributed by atoms with Crippen molar-refractivity contribution in [2.75, 3.05) is 12.3 Å². The Hall–Kier alpha value is -0.920. The monoisotopic (exact) mass is 237 g/mol. The largest absolute Gasteiger partial charge is 0.314 e. The molecular formula is C11H11NOS2. The van der Waals surface area contributed by atoms with E-state index in [4.69, 9.17) is 6.42 Å². The second-order valence-electron chi connectivity index (χ2n) is 3.36. The van der Waals surface area contributed by atoms with E-state index >= 15 is 0 Å². The van der Waals surface area contributed by atoms with Gasteiger partial charge >= 0.3 is 0 Å². The average molecular weight is 237 g/mol. The van der Waals surface area contributed by atoms with Crippen LogP contribution in [0.25, 0.3) is 0 Å². The molecule has 1 saturated heterocycles. The van der Waals surface area contributed by atoms with Crippen LogP contribution in [-0.2, 0) is 4.79 Å². The van der Waals surface area contributed by atoms with Crippen LogP contribution in [0.1, 0.15) is 15.8 Å².